The molecule has 0 aliphatic carbocycles. The van der Waals surface area contributed by atoms with Crippen molar-refractivity contribution >= 4 is 17.2 Å². The van der Waals surface area contributed by atoms with Crippen LogP contribution < -0.4 is 10.6 Å². The quantitative estimate of drug-likeness (QED) is 0.874. The monoisotopic (exact) mass is 295 g/mol. The molecule has 2 rings (SSSR count). The van der Waals surface area contributed by atoms with Crippen LogP contribution >= 0.6 is 11.3 Å². The molecule has 1 aromatic rings. The molecule has 0 saturated carbocycles. The lowest BCUT2D eigenvalue weighted by Crippen LogP contribution is -2.28. The van der Waals surface area contributed by atoms with Gasteiger partial charge in [0.15, 0.2) is 0 Å². The number of thiazole rings is 1. The van der Waals surface area contributed by atoms with Crippen molar-refractivity contribution in [2.24, 2.45) is 5.92 Å². The van der Waals surface area contributed by atoms with Gasteiger partial charge in [-0.05, 0) is 31.8 Å². The van der Waals surface area contributed by atoms with Crippen LogP contribution in [-0.2, 0) is 16.6 Å². The summed E-state index contributed by atoms with van der Waals surface area (Å²) in [5.41, 5.74) is 0.953. The second kappa shape index (κ2) is 6.68. The molecule has 0 aromatic carbocycles. The van der Waals surface area contributed by atoms with Gasteiger partial charge in [-0.1, -0.05) is 20.8 Å². The topological polar surface area (TPSA) is 54.0 Å². The van der Waals surface area contributed by atoms with Crippen LogP contribution in [0.4, 0.5) is 0 Å². The first-order chi connectivity index (χ1) is 9.45. The van der Waals surface area contributed by atoms with Crippen molar-refractivity contribution in [3.8, 4) is 0 Å². The molecule has 0 radical (unpaired) electrons. The Morgan fingerprint density at radius 1 is 1.55 bits per heavy atom. The van der Waals surface area contributed by atoms with Gasteiger partial charge in [0.05, 0.1) is 17.1 Å². The Balaban J connectivity index is 1.72. The highest BCUT2D eigenvalue weighted by atomic mass is 32.1. The first-order valence-corrected chi connectivity index (χ1v) is 8.25. The minimum atomic E-state index is 0.0644. The Labute approximate surface area is 125 Å². The number of hydrogen-bond acceptors (Lipinski definition) is 4. The lowest BCUT2D eigenvalue weighted by atomic mass is 9.98. The van der Waals surface area contributed by atoms with Crippen molar-refractivity contribution in [2.45, 2.75) is 45.4 Å². The maximum atomic E-state index is 11.9. The van der Waals surface area contributed by atoms with Gasteiger partial charge in [-0.15, -0.1) is 11.3 Å². The summed E-state index contributed by atoms with van der Waals surface area (Å²) in [5.74, 6) is 0.809. The van der Waals surface area contributed by atoms with Crippen LogP contribution in [-0.4, -0.2) is 30.5 Å². The fraction of sp³-hybridized carbons (Fsp3) is 0.733. The van der Waals surface area contributed by atoms with Gasteiger partial charge in [0.2, 0.25) is 5.91 Å². The first kappa shape index (κ1) is 15.4. The average Bonchev–Trinajstić information content (AvgIpc) is 2.98. The van der Waals surface area contributed by atoms with E-state index in [2.05, 4.69) is 36.4 Å². The number of carbonyl (C=O) groups excluding carboxylic acids is 1. The normalized spacial score (nSPS) is 19.2. The van der Waals surface area contributed by atoms with Crippen molar-refractivity contribution in [3.05, 3.63) is 16.1 Å². The third-order valence-electron chi connectivity index (χ3n) is 3.57. The molecular weight excluding hydrogens is 270 g/mol. The third kappa shape index (κ3) is 4.56. The minimum absolute atomic E-state index is 0.0644. The molecule has 1 aliphatic heterocycles. The molecular formula is C15H25N3OS. The number of hydrogen-bond donors (Lipinski definition) is 2. The predicted molar refractivity (Wildman–Crippen MR) is 83.1 cm³/mol. The summed E-state index contributed by atoms with van der Waals surface area (Å²) in [5, 5.41) is 9.45. The molecule has 1 saturated heterocycles. The Hall–Kier alpha value is -0.940. The Morgan fingerprint density at radius 3 is 2.95 bits per heavy atom. The molecule has 0 bridgehead atoms. The van der Waals surface area contributed by atoms with Crippen LogP contribution in [0.2, 0.25) is 0 Å². The number of amides is 1. The molecule has 1 atom stereocenters. The van der Waals surface area contributed by atoms with E-state index in [1.54, 1.807) is 11.3 Å². The van der Waals surface area contributed by atoms with Crippen molar-refractivity contribution in [3.63, 3.8) is 0 Å². The van der Waals surface area contributed by atoms with Crippen molar-refractivity contribution in [1.82, 2.24) is 15.6 Å². The second-order valence-electron chi connectivity index (χ2n) is 6.57. The number of nitrogens with zero attached hydrogens (tertiary/aromatic N) is 1. The summed E-state index contributed by atoms with van der Waals surface area (Å²) in [7, 11) is 0. The van der Waals surface area contributed by atoms with E-state index in [1.807, 2.05) is 5.38 Å². The second-order valence-corrected chi connectivity index (χ2v) is 7.43. The Kier molecular flexibility index (Phi) is 5.16. The lowest BCUT2D eigenvalue weighted by Gasteiger charge is -2.13. The minimum Gasteiger partial charge on any atom is -0.356 e. The summed E-state index contributed by atoms with van der Waals surface area (Å²) in [4.78, 5) is 16.4. The van der Waals surface area contributed by atoms with Crippen LogP contribution in [0.5, 0.6) is 0 Å². The van der Waals surface area contributed by atoms with Crippen molar-refractivity contribution < 1.29 is 4.79 Å². The van der Waals surface area contributed by atoms with Gasteiger partial charge in [-0.25, -0.2) is 4.98 Å². The van der Waals surface area contributed by atoms with Crippen LogP contribution in [0.15, 0.2) is 5.38 Å². The molecule has 5 heteroatoms. The van der Waals surface area contributed by atoms with Crippen LogP contribution in [0, 0.1) is 5.92 Å². The summed E-state index contributed by atoms with van der Waals surface area (Å²) >= 11 is 1.64. The lowest BCUT2D eigenvalue weighted by molar-refractivity contribution is -0.120. The molecule has 2 heterocycles. The fourth-order valence-electron chi connectivity index (χ4n) is 2.34. The molecule has 20 heavy (non-hydrogen) atoms. The Bertz CT molecular complexity index is 444. The van der Waals surface area contributed by atoms with E-state index in [9.17, 15) is 4.79 Å². The van der Waals surface area contributed by atoms with E-state index in [0.29, 0.717) is 6.42 Å². The largest absolute Gasteiger partial charge is 0.356 e. The van der Waals surface area contributed by atoms with Crippen molar-refractivity contribution in [1.29, 1.82) is 0 Å². The zero-order chi connectivity index (χ0) is 14.6. The predicted octanol–water partition coefficient (Wildman–Crippen LogP) is 2.10. The molecule has 1 amide bonds. The number of nitrogens with one attached hydrogen (secondary N) is 2. The van der Waals surface area contributed by atoms with E-state index in [4.69, 9.17) is 0 Å². The van der Waals surface area contributed by atoms with Crippen molar-refractivity contribution in [2.75, 3.05) is 19.6 Å². The molecule has 1 fully saturated rings. The highest BCUT2D eigenvalue weighted by Crippen LogP contribution is 2.25. The molecule has 4 nitrogen and oxygen atoms in total. The SMILES string of the molecule is CC(C)(C)c1nc(CC(=O)NCCC2CCNC2)cs1. The van der Waals surface area contributed by atoms with E-state index in [1.165, 1.54) is 6.42 Å². The standard InChI is InChI=1S/C15H25N3OS/c1-15(2,3)14-18-12(10-20-14)8-13(19)17-7-5-11-4-6-16-9-11/h10-11,16H,4-9H2,1-3H3,(H,17,19). The summed E-state index contributed by atoms with van der Waals surface area (Å²) < 4.78 is 0. The van der Waals surface area contributed by atoms with Crippen LogP contribution in [0.3, 0.4) is 0 Å². The fourth-order valence-corrected chi connectivity index (χ4v) is 3.24. The highest BCUT2D eigenvalue weighted by molar-refractivity contribution is 7.09. The van der Waals surface area contributed by atoms with Gasteiger partial charge in [0, 0.05) is 17.3 Å². The summed E-state index contributed by atoms with van der Waals surface area (Å²) in [6.07, 6.45) is 2.70. The van der Waals surface area contributed by atoms with Gasteiger partial charge in [-0.2, -0.15) is 0 Å². The van der Waals surface area contributed by atoms with Gasteiger partial charge in [0.1, 0.15) is 0 Å². The number of rotatable bonds is 5. The third-order valence-corrected chi connectivity index (χ3v) is 4.89. The smallest absolute Gasteiger partial charge is 0.226 e. The number of aromatic nitrogens is 1. The molecule has 1 aromatic heterocycles. The molecule has 112 valence electrons. The average molecular weight is 295 g/mol. The van der Waals surface area contributed by atoms with E-state index >= 15 is 0 Å². The maximum absolute atomic E-state index is 11.9. The summed E-state index contributed by atoms with van der Waals surface area (Å²) in [6, 6.07) is 0. The van der Waals surface area contributed by atoms with Gasteiger partial charge in [0.25, 0.3) is 0 Å². The van der Waals surface area contributed by atoms with E-state index < -0.39 is 0 Å². The highest BCUT2D eigenvalue weighted by Gasteiger charge is 2.19. The van der Waals surface area contributed by atoms with Crippen LogP contribution in [0.25, 0.3) is 0 Å². The molecule has 2 N–H and O–H groups in total. The zero-order valence-corrected chi connectivity index (χ0v) is 13.5. The first-order valence-electron chi connectivity index (χ1n) is 7.37. The number of carbonyl (C=O) groups is 1. The van der Waals surface area contributed by atoms with Gasteiger partial charge < -0.3 is 10.6 Å². The van der Waals surface area contributed by atoms with Gasteiger partial charge >= 0.3 is 0 Å². The summed E-state index contributed by atoms with van der Waals surface area (Å²) in [6.45, 7) is 9.42. The zero-order valence-electron chi connectivity index (χ0n) is 12.7. The molecule has 1 aliphatic rings. The van der Waals surface area contributed by atoms with Gasteiger partial charge in [-0.3, -0.25) is 4.79 Å². The molecule has 0 spiro atoms. The molecule has 1 unspecified atom stereocenters. The Morgan fingerprint density at radius 2 is 2.35 bits per heavy atom. The van der Waals surface area contributed by atoms with E-state index in [0.717, 1.165) is 42.7 Å². The van der Waals surface area contributed by atoms with E-state index in [-0.39, 0.29) is 11.3 Å². The van der Waals surface area contributed by atoms with Crippen LogP contribution in [0.1, 0.15) is 44.3 Å². The maximum Gasteiger partial charge on any atom is 0.226 e.